The van der Waals surface area contributed by atoms with Gasteiger partial charge in [0.25, 0.3) is 5.91 Å². The molecule has 0 saturated carbocycles. The van der Waals surface area contributed by atoms with Crippen molar-refractivity contribution in [3.8, 4) is 17.2 Å². The summed E-state index contributed by atoms with van der Waals surface area (Å²) < 4.78 is 16.3. The predicted octanol–water partition coefficient (Wildman–Crippen LogP) is 3.75. The lowest BCUT2D eigenvalue weighted by atomic mass is 10.2. The molecule has 0 aromatic heterocycles. The van der Waals surface area contributed by atoms with Crippen molar-refractivity contribution < 1.29 is 23.8 Å². The van der Waals surface area contributed by atoms with Gasteiger partial charge in [0.05, 0.1) is 24.7 Å². The van der Waals surface area contributed by atoms with Crippen molar-refractivity contribution in [3.63, 3.8) is 0 Å². The van der Waals surface area contributed by atoms with E-state index in [1.165, 1.54) is 30.9 Å². The standard InChI is InChI=1S/C20H17NO5S2/c1-21-18(22)17(28-20(21)27)10-12-4-7-14(8-5-12)26-19(23)13-6-9-15(24-2)16(11-13)25-3/h4-11H,1-3H3/b17-10-. The van der Waals surface area contributed by atoms with Gasteiger partial charge < -0.3 is 14.2 Å². The van der Waals surface area contributed by atoms with Crippen LogP contribution < -0.4 is 14.2 Å². The van der Waals surface area contributed by atoms with Crippen LogP contribution in [0.2, 0.25) is 0 Å². The Morgan fingerprint density at radius 1 is 1.07 bits per heavy atom. The summed E-state index contributed by atoms with van der Waals surface area (Å²) in [4.78, 5) is 26.4. The van der Waals surface area contributed by atoms with Crippen LogP contribution in [-0.2, 0) is 4.79 Å². The summed E-state index contributed by atoms with van der Waals surface area (Å²) in [6, 6.07) is 11.7. The number of carbonyl (C=O) groups excluding carboxylic acids is 2. The summed E-state index contributed by atoms with van der Waals surface area (Å²) in [5, 5.41) is 0. The second-order valence-corrected chi connectivity index (χ2v) is 7.44. The van der Waals surface area contributed by atoms with E-state index in [1.54, 1.807) is 55.6 Å². The maximum absolute atomic E-state index is 12.4. The molecule has 0 bridgehead atoms. The predicted molar refractivity (Wildman–Crippen MR) is 112 cm³/mol. The van der Waals surface area contributed by atoms with Crippen LogP contribution in [0, 0.1) is 0 Å². The summed E-state index contributed by atoms with van der Waals surface area (Å²) in [5.74, 6) is 0.723. The highest BCUT2D eigenvalue weighted by Gasteiger charge is 2.28. The van der Waals surface area contributed by atoms with Crippen LogP contribution in [-0.4, -0.2) is 42.4 Å². The first-order valence-electron chi connectivity index (χ1n) is 8.18. The zero-order valence-electron chi connectivity index (χ0n) is 15.4. The summed E-state index contributed by atoms with van der Waals surface area (Å²) >= 11 is 6.37. The average molecular weight is 415 g/mol. The average Bonchev–Trinajstić information content (AvgIpc) is 2.95. The maximum Gasteiger partial charge on any atom is 0.343 e. The molecule has 144 valence electrons. The molecule has 1 saturated heterocycles. The third kappa shape index (κ3) is 4.18. The number of ether oxygens (including phenoxy) is 3. The van der Waals surface area contributed by atoms with E-state index in [4.69, 9.17) is 26.4 Å². The molecule has 1 heterocycles. The summed E-state index contributed by atoms with van der Waals surface area (Å²) in [5.41, 5.74) is 1.15. The summed E-state index contributed by atoms with van der Waals surface area (Å²) in [6.07, 6.45) is 1.75. The number of hydrogen-bond acceptors (Lipinski definition) is 7. The highest BCUT2D eigenvalue weighted by atomic mass is 32.2. The Labute approximate surface area is 172 Å². The van der Waals surface area contributed by atoms with Gasteiger partial charge in [-0.15, -0.1) is 0 Å². The highest BCUT2D eigenvalue weighted by molar-refractivity contribution is 8.26. The van der Waals surface area contributed by atoms with Gasteiger partial charge in [-0.05, 0) is 42.0 Å². The third-order valence-electron chi connectivity index (χ3n) is 3.99. The zero-order valence-corrected chi connectivity index (χ0v) is 17.1. The monoisotopic (exact) mass is 415 g/mol. The van der Waals surface area contributed by atoms with Crippen molar-refractivity contribution in [2.45, 2.75) is 0 Å². The minimum absolute atomic E-state index is 0.126. The number of nitrogens with zero attached hydrogens (tertiary/aromatic N) is 1. The normalized spacial score (nSPS) is 15.1. The number of likely N-dealkylation sites (N-methyl/N-ethyl adjacent to an activating group) is 1. The van der Waals surface area contributed by atoms with E-state index in [0.717, 1.165) is 5.56 Å². The Balaban J connectivity index is 1.72. The quantitative estimate of drug-likeness (QED) is 0.319. The number of carbonyl (C=O) groups is 2. The lowest BCUT2D eigenvalue weighted by Crippen LogP contribution is -2.22. The van der Waals surface area contributed by atoms with Gasteiger partial charge in [0.15, 0.2) is 11.5 Å². The Morgan fingerprint density at radius 3 is 2.32 bits per heavy atom. The first kappa shape index (κ1) is 19.9. The number of amides is 1. The topological polar surface area (TPSA) is 65.1 Å². The largest absolute Gasteiger partial charge is 0.493 e. The van der Waals surface area contributed by atoms with Crippen LogP contribution in [0.4, 0.5) is 0 Å². The molecule has 0 spiro atoms. The number of thiocarbonyl (C=S) groups is 1. The van der Waals surface area contributed by atoms with E-state index < -0.39 is 5.97 Å². The fourth-order valence-corrected chi connectivity index (χ4v) is 3.64. The van der Waals surface area contributed by atoms with Gasteiger partial charge >= 0.3 is 5.97 Å². The van der Waals surface area contributed by atoms with Crippen molar-refractivity contribution in [2.24, 2.45) is 0 Å². The van der Waals surface area contributed by atoms with Gasteiger partial charge in [-0.3, -0.25) is 9.69 Å². The van der Waals surface area contributed by atoms with Crippen LogP contribution in [0.3, 0.4) is 0 Å². The molecule has 1 aliphatic rings. The first-order chi connectivity index (χ1) is 13.4. The Hall–Kier alpha value is -2.84. The molecular weight excluding hydrogens is 398 g/mol. The van der Waals surface area contributed by atoms with E-state index in [9.17, 15) is 9.59 Å². The number of benzene rings is 2. The van der Waals surface area contributed by atoms with Gasteiger partial charge in [-0.25, -0.2) is 4.79 Å². The van der Waals surface area contributed by atoms with Crippen molar-refractivity contribution in [3.05, 3.63) is 58.5 Å². The molecule has 28 heavy (non-hydrogen) atoms. The molecular formula is C20H17NO5S2. The lowest BCUT2D eigenvalue weighted by Gasteiger charge is -2.09. The molecule has 1 fully saturated rings. The van der Waals surface area contributed by atoms with Gasteiger partial charge in [0.1, 0.15) is 10.1 Å². The molecule has 0 atom stereocenters. The molecule has 1 aliphatic heterocycles. The number of rotatable bonds is 5. The smallest absolute Gasteiger partial charge is 0.343 e. The summed E-state index contributed by atoms with van der Waals surface area (Å²) in [7, 11) is 4.67. The fourth-order valence-electron chi connectivity index (χ4n) is 2.46. The Kier molecular flexibility index (Phi) is 6.01. The molecule has 0 unspecified atom stereocenters. The number of thioether (sulfide) groups is 1. The van der Waals surface area contributed by atoms with Gasteiger partial charge in [-0.1, -0.05) is 36.1 Å². The van der Waals surface area contributed by atoms with Crippen LogP contribution in [0.25, 0.3) is 6.08 Å². The molecule has 8 heteroatoms. The lowest BCUT2D eigenvalue weighted by molar-refractivity contribution is -0.121. The summed E-state index contributed by atoms with van der Waals surface area (Å²) in [6.45, 7) is 0. The van der Waals surface area contributed by atoms with E-state index in [0.29, 0.717) is 32.0 Å². The maximum atomic E-state index is 12.4. The fraction of sp³-hybridized carbons (Fsp3) is 0.150. The molecule has 0 N–H and O–H groups in total. The Bertz CT molecular complexity index is 969. The van der Waals surface area contributed by atoms with Crippen molar-refractivity contribution in [1.29, 1.82) is 0 Å². The van der Waals surface area contributed by atoms with Gasteiger partial charge in [-0.2, -0.15) is 0 Å². The number of methoxy groups -OCH3 is 2. The molecule has 3 rings (SSSR count). The zero-order chi connectivity index (χ0) is 20.3. The van der Waals surface area contributed by atoms with Crippen molar-refractivity contribution in [2.75, 3.05) is 21.3 Å². The van der Waals surface area contributed by atoms with E-state index in [1.807, 2.05) is 0 Å². The molecule has 2 aromatic rings. The number of hydrogen-bond donors (Lipinski definition) is 0. The molecule has 0 radical (unpaired) electrons. The van der Waals surface area contributed by atoms with Crippen LogP contribution in [0.15, 0.2) is 47.4 Å². The molecule has 1 amide bonds. The first-order valence-corrected chi connectivity index (χ1v) is 9.41. The third-order valence-corrected chi connectivity index (χ3v) is 5.48. The van der Waals surface area contributed by atoms with E-state index in [2.05, 4.69) is 0 Å². The second-order valence-electron chi connectivity index (χ2n) is 5.77. The van der Waals surface area contributed by atoms with Gasteiger partial charge in [0, 0.05) is 7.05 Å². The number of esters is 1. The van der Waals surface area contributed by atoms with E-state index in [-0.39, 0.29) is 5.91 Å². The van der Waals surface area contributed by atoms with Gasteiger partial charge in [0.2, 0.25) is 0 Å². The SMILES string of the molecule is COc1ccc(C(=O)Oc2ccc(/C=C3\SC(=S)N(C)C3=O)cc2)cc1OC. The molecule has 2 aromatic carbocycles. The van der Waals surface area contributed by atoms with E-state index >= 15 is 0 Å². The highest BCUT2D eigenvalue weighted by Crippen LogP contribution is 2.32. The van der Waals surface area contributed by atoms with Crippen molar-refractivity contribution in [1.82, 2.24) is 4.90 Å². The van der Waals surface area contributed by atoms with Crippen LogP contribution in [0.5, 0.6) is 17.2 Å². The second kappa shape index (κ2) is 8.45. The van der Waals surface area contributed by atoms with Crippen LogP contribution in [0.1, 0.15) is 15.9 Å². The Morgan fingerprint density at radius 2 is 1.75 bits per heavy atom. The minimum atomic E-state index is -0.513. The molecule has 6 nitrogen and oxygen atoms in total. The minimum Gasteiger partial charge on any atom is -0.493 e. The molecule has 0 aliphatic carbocycles. The van der Waals surface area contributed by atoms with Crippen LogP contribution >= 0.6 is 24.0 Å². The van der Waals surface area contributed by atoms with Crippen molar-refractivity contribution >= 4 is 46.3 Å².